The predicted molar refractivity (Wildman–Crippen MR) is 178 cm³/mol. The number of hydrogen-bond acceptors (Lipinski definition) is 14. The van der Waals surface area contributed by atoms with Gasteiger partial charge in [0.05, 0.1) is 30.5 Å². The molecule has 2 N–H and O–H groups in total. The minimum Gasteiger partial charge on any atom is -0.504 e. The summed E-state index contributed by atoms with van der Waals surface area (Å²) in [5, 5.41) is 24.8. The Hall–Kier alpha value is -4.65. The number of rotatable bonds is 5. The zero-order valence-electron chi connectivity index (χ0n) is 28.3. The van der Waals surface area contributed by atoms with Gasteiger partial charge in [-0.2, -0.15) is 5.26 Å². The predicted octanol–water partition coefficient (Wildman–Crippen LogP) is 3.51. The summed E-state index contributed by atoms with van der Waals surface area (Å²) in [6.45, 7) is 8.19. The van der Waals surface area contributed by atoms with Crippen LogP contribution >= 0.6 is 11.8 Å². The molecule has 6 heterocycles. The SMILES string of the molecule is C=CCOC(=O)NC1CS[C@@H]2c3c(OC(C)=O)c(C)c4c(c3[C@@H](COC1=O)N1C(C#N)[C@@H]3Cc5cc(C)c(OC)c(O)c5[C@@H](C21)N3C)OCO4. The Kier molecular flexibility index (Phi) is 8.73. The van der Waals surface area contributed by atoms with Crippen LogP contribution < -0.4 is 24.3 Å². The fourth-order valence-corrected chi connectivity index (χ4v) is 9.89. The number of piperazine rings is 1. The second-order valence-electron chi connectivity index (χ2n) is 13.0. The molecule has 0 spiro atoms. The van der Waals surface area contributed by atoms with Gasteiger partial charge in [-0.15, -0.1) is 11.8 Å². The van der Waals surface area contributed by atoms with E-state index in [1.165, 1.54) is 31.9 Å². The number of carbonyl (C=O) groups excluding carboxylic acids is 3. The topological polar surface area (TPSA) is 169 Å². The van der Waals surface area contributed by atoms with Gasteiger partial charge in [-0.25, -0.2) is 9.59 Å². The van der Waals surface area contributed by atoms with Crippen LogP contribution in [0.25, 0.3) is 0 Å². The van der Waals surface area contributed by atoms with E-state index in [0.29, 0.717) is 51.7 Å². The fourth-order valence-electron chi connectivity index (χ4n) is 8.39. The minimum atomic E-state index is -1.10. The van der Waals surface area contributed by atoms with Crippen molar-refractivity contribution in [1.82, 2.24) is 15.1 Å². The monoisotopic (exact) mass is 706 g/mol. The van der Waals surface area contributed by atoms with E-state index < -0.39 is 53.5 Å². The smallest absolute Gasteiger partial charge is 0.408 e. The molecule has 264 valence electrons. The second kappa shape index (κ2) is 12.9. The maximum Gasteiger partial charge on any atom is 0.408 e. The van der Waals surface area contributed by atoms with Gasteiger partial charge in [0.1, 0.15) is 31.0 Å². The summed E-state index contributed by atoms with van der Waals surface area (Å²) in [6.07, 6.45) is 1.08. The quantitative estimate of drug-likeness (QED) is 0.263. The lowest BCUT2D eigenvalue weighted by atomic mass is 9.71. The van der Waals surface area contributed by atoms with Gasteiger partial charge in [-0.1, -0.05) is 18.7 Å². The van der Waals surface area contributed by atoms with Crippen molar-refractivity contribution in [2.75, 3.05) is 39.9 Å². The molecule has 50 heavy (non-hydrogen) atoms. The first kappa shape index (κ1) is 33.8. The van der Waals surface area contributed by atoms with Gasteiger partial charge in [0.25, 0.3) is 0 Å². The molecule has 1 amide bonds. The summed E-state index contributed by atoms with van der Waals surface area (Å²) in [4.78, 5) is 43.2. The third kappa shape index (κ3) is 5.11. The Labute approximate surface area is 293 Å². The van der Waals surface area contributed by atoms with Crippen LogP contribution in [-0.2, 0) is 25.5 Å². The van der Waals surface area contributed by atoms with E-state index in [-0.39, 0.29) is 37.6 Å². The van der Waals surface area contributed by atoms with Crippen LogP contribution in [0.2, 0.25) is 0 Å². The molecule has 7 atom stereocenters. The molecule has 15 heteroatoms. The average molecular weight is 707 g/mol. The van der Waals surface area contributed by atoms with Crippen LogP contribution in [0, 0.1) is 25.2 Å². The fraction of sp³-hybridized carbons (Fsp3) is 0.486. The first-order valence-electron chi connectivity index (χ1n) is 16.3. The number of nitrogens with one attached hydrogen (secondary N) is 1. The van der Waals surface area contributed by atoms with E-state index in [9.17, 15) is 24.8 Å². The Morgan fingerprint density at radius 1 is 1.20 bits per heavy atom. The molecule has 14 nitrogen and oxygen atoms in total. The lowest BCUT2D eigenvalue weighted by Gasteiger charge is -2.61. The van der Waals surface area contributed by atoms with E-state index in [1.54, 1.807) is 6.92 Å². The highest BCUT2D eigenvalue weighted by Gasteiger charge is 2.60. The van der Waals surface area contributed by atoms with Crippen molar-refractivity contribution in [1.29, 1.82) is 5.26 Å². The van der Waals surface area contributed by atoms with E-state index in [1.807, 2.05) is 20.0 Å². The highest BCUT2D eigenvalue weighted by molar-refractivity contribution is 7.99. The maximum atomic E-state index is 13.6. The molecule has 4 bridgehead atoms. The molecule has 0 saturated carbocycles. The lowest BCUT2D eigenvalue weighted by Crippen LogP contribution is -2.69. The first-order valence-corrected chi connectivity index (χ1v) is 17.3. The highest BCUT2D eigenvalue weighted by atomic mass is 32.2. The number of phenolic OH excluding ortho intramolecular Hbond substituents is 1. The average Bonchev–Trinajstić information content (AvgIpc) is 3.57. The van der Waals surface area contributed by atoms with Gasteiger partial charge in [-0.05, 0) is 38.4 Å². The van der Waals surface area contributed by atoms with Crippen molar-refractivity contribution in [3.63, 3.8) is 0 Å². The lowest BCUT2D eigenvalue weighted by molar-refractivity contribution is -0.151. The van der Waals surface area contributed by atoms with Gasteiger partial charge in [0, 0.05) is 47.0 Å². The number of likely N-dealkylation sites (N-methyl/N-ethyl adjacent to an activating group) is 1. The summed E-state index contributed by atoms with van der Waals surface area (Å²) in [7, 11) is 3.46. The Morgan fingerprint density at radius 2 is 1.96 bits per heavy atom. The molecule has 3 unspecified atom stereocenters. The normalized spacial score (nSPS) is 27.8. The van der Waals surface area contributed by atoms with Crippen LogP contribution in [0.5, 0.6) is 28.7 Å². The number of alkyl carbamates (subject to hydrolysis) is 1. The Bertz CT molecular complexity index is 1840. The van der Waals surface area contributed by atoms with Crippen molar-refractivity contribution in [2.24, 2.45) is 0 Å². The number of carbonyl (C=O) groups is 3. The number of esters is 2. The van der Waals surface area contributed by atoms with Crippen molar-refractivity contribution in [2.45, 2.75) is 68.7 Å². The van der Waals surface area contributed by atoms with Crippen molar-refractivity contribution < 1.29 is 47.9 Å². The van der Waals surface area contributed by atoms with E-state index in [0.717, 1.165) is 11.1 Å². The number of aromatic hydroxyl groups is 1. The van der Waals surface area contributed by atoms with Crippen LogP contribution in [-0.4, -0.2) is 97.0 Å². The summed E-state index contributed by atoms with van der Waals surface area (Å²) >= 11 is 1.34. The summed E-state index contributed by atoms with van der Waals surface area (Å²) in [6, 6.07) is 0.661. The third-order valence-electron chi connectivity index (χ3n) is 10.3. The van der Waals surface area contributed by atoms with Crippen LogP contribution in [0.3, 0.4) is 0 Å². The Morgan fingerprint density at radius 3 is 2.66 bits per heavy atom. The molecule has 2 aromatic rings. The Balaban J connectivity index is 1.49. The summed E-state index contributed by atoms with van der Waals surface area (Å²) in [5.41, 5.74) is 4.15. The molecule has 6 aliphatic heterocycles. The van der Waals surface area contributed by atoms with E-state index in [2.05, 4.69) is 27.8 Å². The van der Waals surface area contributed by atoms with Gasteiger partial charge in [-0.3, -0.25) is 14.6 Å². The number of aryl methyl sites for hydroxylation is 1. The molecule has 2 saturated heterocycles. The highest BCUT2D eigenvalue weighted by Crippen LogP contribution is 2.64. The molecule has 6 aliphatic rings. The molecular weight excluding hydrogens is 668 g/mol. The largest absolute Gasteiger partial charge is 0.504 e. The number of ether oxygens (including phenoxy) is 6. The standard InChI is InChI=1S/C35H38N4O10S/c1-7-8-45-35(43)37-19-13-50-33-25-24(32-31(47-14-48-32)16(3)30(25)49-17(4)40)22(12-46-34(19)42)39-21(11-36)20-10-18-9-15(2)29(44-6)28(41)23(18)26(27(33)39)38(20)5/h7,9,19-22,26-27,33,41H,1,8,10,12-14H2,2-6H3,(H,37,43)/t19?,20-,21?,22+,26-,27?,33+/m0/s1. The number of amides is 1. The maximum absolute atomic E-state index is 13.6. The first-order chi connectivity index (χ1) is 24.0. The molecule has 8 rings (SSSR count). The summed E-state index contributed by atoms with van der Waals surface area (Å²) in [5.74, 6) is 0.321. The number of methoxy groups -OCH3 is 1. The van der Waals surface area contributed by atoms with Crippen LogP contribution in [0.15, 0.2) is 18.7 Å². The molecule has 0 aromatic heterocycles. The number of nitriles is 1. The van der Waals surface area contributed by atoms with Crippen molar-refractivity contribution in [3.05, 3.63) is 52.1 Å². The number of fused-ring (bicyclic) bond motifs is 10. The minimum absolute atomic E-state index is 0.0179. The number of phenols is 1. The number of nitrogens with zero attached hydrogens (tertiary/aromatic N) is 3. The molecule has 0 aliphatic carbocycles. The van der Waals surface area contributed by atoms with Crippen LogP contribution in [0.4, 0.5) is 4.79 Å². The van der Waals surface area contributed by atoms with Gasteiger partial charge < -0.3 is 38.8 Å². The number of benzene rings is 2. The third-order valence-corrected chi connectivity index (χ3v) is 11.7. The van der Waals surface area contributed by atoms with Gasteiger partial charge in [0.2, 0.25) is 6.79 Å². The van der Waals surface area contributed by atoms with Crippen LogP contribution in [0.1, 0.15) is 57.6 Å². The molecule has 2 aromatic carbocycles. The van der Waals surface area contributed by atoms with E-state index >= 15 is 0 Å². The van der Waals surface area contributed by atoms with Crippen molar-refractivity contribution >= 4 is 29.8 Å². The van der Waals surface area contributed by atoms with Gasteiger partial charge in [0.15, 0.2) is 23.0 Å². The molecular formula is C35H38N4O10S. The molecule has 2 fully saturated rings. The van der Waals surface area contributed by atoms with Crippen molar-refractivity contribution in [3.8, 4) is 34.8 Å². The zero-order valence-corrected chi connectivity index (χ0v) is 29.1. The van der Waals surface area contributed by atoms with E-state index in [4.69, 9.17) is 28.4 Å². The second-order valence-corrected chi connectivity index (χ2v) is 14.1. The van der Waals surface area contributed by atoms with Gasteiger partial charge >= 0.3 is 18.0 Å². The summed E-state index contributed by atoms with van der Waals surface area (Å²) < 4.78 is 34.8. The number of hydrogen-bond donors (Lipinski definition) is 2. The zero-order chi connectivity index (χ0) is 35.6. The molecule has 0 radical (unpaired) electrons. The number of thioether (sulfide) groups is 1.